The Labute approximate surface area is 128 Å². The number of aryl methyl sites for hydroxylation is 2. The van der Waals surface area contributed by atoms with Crippen molar-refractivity contribution in [2.45, 2.75) is 19.3 Å². The Morgan fingerprint density at radius 1 is 1.33 bits per heavy atom. The van der Waals surface area contributed by atoms with Crippen LogP contribution < -0.4 is 4.74 Å². The number of rotatable bonds is 3. The third kappa shape index (κ3) is 2.76. The smallest absolute Gasteiger partial charge is 0.341 e. The molecular weight excluding hydrogens is 341 g/mol. The minimum Gasteiger partial charge on any atom is -0.477 e. The summed E-state index contributed by atoms with van der Waals surface area (Å²) >= 11 is 3.22. The molecule has 1 aromatic heterocycles. The highest BCUT2D eigenvalue weighted by Gasteiger charge is 2.22. The van der Waals surface area contributed by atoms with Crippen molar-refractivity contribution in [2.75, 3.05) is 0 Å². The number of aromatic nitrogens is 1. The normalized spacial score (nSPS) is 13.0. The number of benzene rings is 1. The Hall–Kier alpha value is -1.95. The molecule has 21 heavy (non-hydrogen) atoms. The maximum atomic E-state index is 13.7. The highest BCUT2D eigenvalue weighted by molar-refractivity contribution is 9.10. The maximum absolute atomic E-state index is 13.7. The van der Waals surface area contributed by atoms with Crippen molar-refractivity contribution in [1.29, 1.82) is 0 Å². The van der Waals surface area contributed by atoms with Crippen LogP contribution in [0.25, 0.3) is 0 Å². The summed E-state index contributed by atoms with van der Waals surface area (Å²) in [5.41, 5.74) is 1.70. The van der Waals surface area contributed by atoms with Crippen molar-refractivity contribution in [2.24, 2.45) is 0 Å². The van der Waals surface area contributed by atoms with E-state index in [0.717, 1.165) is 30.5 Å². The number of pyridine rings is 1. The van der Waals surface area contributed by atoms with Crippen molar-refractivity contribution in [3.05, 3.63) is 51.4 Å². The van der Waals surface area contributed by atoms with Gasteiger partial charge in [0.05, 0.1) is 0 Å². The molecule has 0 saturated carbocycles. The van der Waals surface area contributed by atoms with Gasteiger partial charge in [0.1, 0.15) is 5.56 Å². The number of hydrogen-bond acceptors (Lipinski definition) is 3. The first kappa shape index (κ1) is 14.0. The molecule has 4 nitrogen and oxygen atoms in total. The third-order valence-electron chi connectivity index (χ3n) is 3.35. The molecule has 0 fully saturated rings. The fourth-order valence-electron chi connectivity index (χ4n) is 2.34. The summed E-state index contributed by atoms with van der Waals surface area (Å²) in [5.74, 6) is -1.84. The van der Waals surface area contributed by atoms with Gasteiger partial charge in [-0.1, -0.05) is 15.9 Å². The van der Waals surface area contributed by atoms with Gasteiger partial charge in [0, 0.05) is 10.2 Å². The Kier molecular flexibility index (Phi) is 3.63. The first-order valence-electron chi connectivity index (χ1n) is 6.43. The molecule has 1 aliphatic rings. The van der Waals surface area contributed by atoms with Crippen molar-refractivity contribution in [1.82, 2.24) is 4.98 Å². The molecule has 2 aromatic rings. The van der Waals surface area contributed by atoms with E-state index in [1.54, 1.807) is 6.07 Å². The number of carboxylic acid groups (broad SMARTS) is 1. The first-order valence-corrected chi connectivity index (χ1v) is 7.23. The lowest BCUT2D eigenvalue weighted by Gasteiger charge is -2.11. The van der Waals surface area contributed by atoms with Crippen molar-refractivity contribution >= 4 is 21.9 Å². The summed E-state index contributed by atoms with van der Waals surface area (Å²) in [5, 5.41) is 9.28. The SMILES string of the molecule is O=C(O)c1cc2c(nc1Oc1cc(Br)ccc1F)CCC2. The van der Waals surface area contributed by atoms with E-state index in [-0.39, 0.29) is 17.2 Å². The summed E-state index contributed by atoms with van der Waals surface area (Å²) in [6.45, 7) is 0. The van der Waals surface area contributed by atoms with Crippen LogP contribution in [0.15, 0.2) is 28.7 Å². The van der Waals surface area contributed by atoms with Gasteiger partial charge in [-0.05, 0) is 49.1 Å². The zero-order valence-electron chi connectivity index (χ0n) is 10.9. The van der Waals surface area contributed by atoms with Crippen LogP contribution in [-0.2, 0) is 12.8 Å². The van der Waals surface area contributed by atoms with Gasteiger partial charge in [0.15, 0.2) is 11.6 Å². The van der Waals surface area contributed by atoms with Gasteiger partial charge in [-0.2, -0.15) is 0 Å². The molecule has 0 atom stereocenters. The topological polar surface area (TPSA) is 59.4 Å². The molecule has 1 aromatic carbocycles. The summed E-state index contributed by atoms with van der Waals surface area (Å²) < 4.78 is 19.8. The third-order valence-corrected chi connectivity index (χ3v) is 3.84. The van der Waals surface area contributed by atoms with E-state index in [1.807, 2.05) is 0 Å². The largest absolute Gasteiger partial charge is 0.477 e. The average molecular weight is 352 g/mol. The molecule has 1 N–H and O–H groups in total. The van der Waals surface area contributed by atoms with Crippen molar-refractivity contribution in [3.8, 4) is 11.6 Å². The number of halogens is 2. The molecule has 1 aliphatic carbocycles. The summed E-state index contributed by atoms with van der Waals surface area (Å²) in [6.07, 6.45) is 2.54. The van der Waals surface area contributed by atoms with Crippen molar-refractivity contribution < 1.29 is 19.0 Å². The van der Waals surface area contributed by atoms with Crippen LogP contribution in [0.1, 0.15) is 28.0 Å². The van der Waals surface area contributed by atoms with Crippen LogP contribution >= 0.6 is 15.9 Å². The Balaban J connectivity index is 2.05. The zero-order chi connectivity index (χ0) is 15.0. The number of hydrogen-bond donors (Lipinski definition) is 1. The van der Waals surface area contributed by atoms with Crippen LogP contribution in [-0.4, -0.2) is 16.1 Å². The molecule has 0 bridgehead atoms. The molecule has 0 amide bonds. The molecule has 1 heterocycles. The first-order chi connectivity index (χ1) is 10.0. The summed E-state index contributed by atoms with van der Waals surface area (Å²) in [7, 11) is 0. The van der Waals surface area contributed by atoms with Gasteiger partial charge in [0.25, 0.3) is 0 Å². The summed E-state index contributed by atoms with van der Waals surface area (Å²) in [6, 6.07) is 5.79. The Morgan fingerprint density at radius 2 is 2.14 bits per heavy atom. The second kappa shape index (κ2) is 5.44. The van der Waals surface area contributed by atoms with E-state index in [9.17, 15) is 14.3 Å². The minimum atomic E-state index is -1.14. The average Bonchev–Trinajstić information content (AvgIpc) is 2.89. The fraction of sp³-hybridized carbons (Fsp3) is 0.200. The second-order valence-electron chi connectivity index (χ2n) is 4.78. The van der Waals surface area contributed by atoms with E-state index in [2.05, 4.69) is 20.9 Å². The monoisotopic (exact) mass is 351 g/mol. The quantitative estimate of drug-likeness (QED) is 0.908. The molecule has 6 heteroatoms. The van der Waals surface area contributed by atoms with E-state index in [4.69, 9.17) is 4.74 Å². The Morgan fingerprint density at radius 3 is 2.90 bits per heavy atom. The van der Waals surface area contributed by atoms with Gasteiger partial charge in [-0.25, -0.2) is 14.2 Å². The van der Waals surface area contributed by atoms with E-state index in [1.165, 1.54) is 18.2 Å². The summed E-state index contributed by atoms with van der Waals surface area (Å²) in [4.78, 5) is 15.6. The highest BCUT2D eigenvalue weighted by atomic mass is 79.9. The molecule has 0 unspecified atom stereocenters. The number of carboxylic acids is 1. The predicted molar refractivity (Wildman–Crippen MR) is 77.4 cm³/mol. The van der Waals surface area contributed by atoms with Crippen LogP contribution in [0.4, 0.5) is 4.39 Å². The molecule has 108 valence electrons. The van der Waals surface area contributed by atoms with Crippen LogP contribution in [0.3, 0.4) is 0 Å². The molecule has 3 rings (SSSR count). The van der Waals surface area contributed by atoms with Gasteiger partial charge in [-0.3, -0.25) is 0 Å². The zero-order valence-corrected chi connectivity index (χ0v) is 12.5. The van der Waals surface area contributed by atoms with E-state index in [0.29, 0.717) is 4.47 Å². The van der Waals surface area contributed by atoms with Gasteiger partial charge in [-0.15, -0.1) is 0 Å². The van der Waals surface area contributed by atoms with E-state index >= 15 is 0 Å². The lowest BCUT2D eigenvalue weighted by Crippen LogP contribution is -2.05. The second-order valence-corrected chi connectivity index (χ2v) is 5.70. The molecule has 0 saturated heterocycles. The number of carbonyl (C=O) groups is 1. The number of ether oxygens (including phenoxy) is 1. The van der Waals surface area contributed by atoms with Crippen LogP contribution in [0.2, 0.25) is 0 Å². The lowest BCUT2D eigenvalue weighted by atomic mass is 10.1. The van der Waals surface area contributed by atoms with E-state index < -0.39 is 11.8 Å². The molecule has 0 spiro atoms. The minimum absolute atomic E-state index is 0.0463. The highest BCUT2D eigenvalue weighted by Crippen LogP contribution is 2.32. The fourth-order valence-corrected chi connectivity index (χ4v) is 2.68. The number of nitrogens with zero attached hydrogens (tertiary/aromatic N) is 1. The number of fused-ring (bicyclic) bond motifs is 1. The van der Waals surface area contributed by atoms with Crippen LogP contribution in [0.5, 0.6) is 11.6 Å². The Bertz CT molecular complexity index is 733. The number of aromatic carboxylic acids is 1. The predicted octanol–water partition coefficient (Wildman–Crippen LogP) is 3.96. The van der Waals surface area contributed by atoms with Gasteiger partial charge in [0.2, 0.25) is 5.88 Å². The van der Waals surface area contributed by atoms with Gasteiger partial charge < -0.3 is 9.84 Å². The molecule has 0 radical (unpaired) electrons. The van der Waals surface area contributed by atoms with Crippen LogP contribution in [0, 0.1) is 5.82 Å². The maximum Gasteiger partial charge on any atom is 0.341 e. The van der Waals surface area contributed by atoms with Gasteiger partial charge >= 0.3 is 5.97 Å². The lowest BCUT2D eigenvalue weighted by molar-refractivity contribution is 0.0693. The molecular formula is C15H11BrFNO3. The standard InChI is InChI=1S/C15H11BrFNO3/c16-9-4-5-11(17)13(7-9)21-14-10(15(19)20)6-8-2-1-3-12(8)18-14/h4-7H,1-3H2,(H,19,20). The molecule has 0 aliphatic heterocycles. The van der Waals surface area contributed by atoms with Crippen molar-refractivity contribution in [3.63, 3.8) is 0 Å².